The van der Waals surface area contributed by atoms with Crippen molar-refractivity contribution in [2.75, 3.05) is 45.8 Å². The van der Waals surface area contributed by atoms with Gasteiger partial charge in [-0.05, 0) is 49.1 Å². The van der Waals surface area contributed by atoms with Crippen molar-refractivity contribution < 1.29 is 9.47 Å². The van der Waals surface area contributed by atoms with Crippen molar-refractivity contribution in [3.63, 3.8) is 0 Å². The Hall–Kier alpha value is -2.89. The van der Waals surface area contributed by atoms with Gasteiger partial charge >= 0.3 is 0 Å². The van der Waals surface area contributed by atoms with Crippen LogP contribution in [0.1, 0.15) is 18.4 Å². The van der Waals surface area contributed by atoms with Gasteiger partial charge in [0.1, 0.15) is 0 Å². The summed E-state index contributed by atoms with van der Waals surface area (Å²) in [6.45, 7) is 2.46. The standard InChI is InChI=1S/C22H32N4O2/c1-26(19-9-5-4-6-10-19)16-8-7-14-24-22(23)25-15-13-18-11-12-20(27-2)21(17-18)28-3/h4-6,9-12,17H,7-8,13-16H2,1-3H3,(H3,23,24,25). The number of unbranched alkanes of at least 4 members (excludes halogenated alkanes) is 1. The van der Waals surface area contributed by atoms with Crippen LogP contribution in [0, 0.1) is 0 Å². The number of methoxy groups -OCH3 is 2. The second-order valence-corrected chi connectivity index (χ2v) is 6.60. The summed E-state index contributed by atoms with van der Waals surface area (Å²) in [5, 5.41) is 3.17. The molecule has 2 aromatic rings. The number of hydrogen-bond donors (Lipinski definition) is 2. The number of anilines is 1. The predicted octanol–water partition coefficient (Wildman–Crippen LogP) is 3.07. The van der Waals surface area contributed by atoms with E-state index in [2.05, 4.69) is 46.5 Å². The van der Waals surface area contributed by atoms with Crippen LogP contribution in [0.3, 0.4) is 0 Å². The van der Waals surface area contributed by atoms with Crippen molar-refractivity contribution in [2.45, 2.75) is 19.3 Å². The third-order valence-electron chi connectivity index (χ3n) is 4.55. The molecule has 0 saturated heterocycles. The molecule has 0 amide bonds. The molecule has 28 heavy (non-hydrogen) atoms. The Balaban J connectivity index is 1.63. The van der Waals surface area contributed by atoms with E-state index in [4.69, 9.17) is 15.2 Å². The molecule has 0 aliphatic carbocycles. The van der Waals surface area contributed by atoms with Crippen molar-refractivity contribution in [1.82, 2.24) is 5.32 Å². The highest BCUT2D eigenvalue weighted by molar-refractivity contribution is 5.77. The smallest absolute Gasteiger partial charge is 0.188 e. The summed E-state index contributed by atoms with van der Waals surface area (Å²) >= 11 is 0. The maximum atomic E-state index is 5.96. The van der Waals surface area contributed by atoms with E-state index in [1.165, 1.54) is 5.69 Å². The molecule has 3 N–H and O–H groups in total. The molecule has 0 spiro atoms. The van der Waals surface area contributed by atoms with Gasteiger partial charge in [-0.25, -0.2) is 0 Å². The summed E-state index contributed by atoms with van der Waals surface area (Å²) in [6.07, 6.45) is 2.92. The second-order valence-electron chi connectivity index (χ2n) is 6.60. The third kappa shape index (κ3) is 7.02. The molecule has 152 valence electrons. The molecule has 0 fully saturated rings. The van der Waals surface area contributed by atoms with Crippen LogP contribution in [0.25, 0.3) is 0 Å². The molecule has 0 saturated carbocycles. The Morgan fingerprint density at radius 2 is 1.79 bits per heavy atom. The Morgan fingerprint density at radius 3 is 2.50 bits per heavy atom. The lowest BCUT2D eigenvalue weighted by atomic mass is 10.1. The Morgan fingerprint density at radius 1 is 1.04 bits per heavy atom. The van der Waals surface area contributed by atoms with Crippen molar-refractivity contribution in [3.05, 3.63) is 54.1 Å². The molecule has 2 aromatic carbocycles. The van der Waals surface area contributed by atoms with Gasteiger partial charge in [-0.1, -0.05) is 24.3 Å². The van der Waals surface area contributed by atoms with E-state index in [0.717, 1.165) is 56.0 Å². The molecule has 0 radical (unpaired) electrons. The van der Waals surface area contributed by atoms with Crippen LogP contribution in [0.2, 0.25) is 0 Å². The summed E-state index contributed by atoms with van der Waals surface area (Å²) in [5.41, 5.74) is 8.35. The number of nitrogens with one attached hydrogen (secondary N) is 1. The third-order valence-corrected chi connectivity index (χ3v) is 4.55. The van der Waals surface area contributed by atoms with Gasteiger partial charge in [-0.3, -0.25) is 4.99 Å². The summed E-state index contributed by atoms with van der Waals surface area (Å²) in [4.78, 5) is 6.66. The quantitative estimate of drug-likeness (QED) is 0.354. The average Bonchev–Trinajstić information content (AvgIpc) is 2.73. The highest BCUT2D eigenvalue weighted by Crippen LogP contribution is 2.27. The van der Waals surface area contributed by atoms with E-state index in [9.17, 15) is 0 Å². The number of ether oxygens (including phenoxy) is 2. The summed E-state index contributed by atoms with van der Waals surface area (Å²) in [7, 11) is 5.39. The molecule has 0 heterocycles. The zero-order chi connectivity index (χ0) is 20.2. The highest BCUT2D eigenvalue weighted by atomic mass is 16.5. The number of rotatable bonds is 11. The first-order valence-electron chi connectivity index (χ1n) is 9.65. The molecule has 0 unspecified atom stereocenters. The first-order valence-corrected chi connectivity index (χ1v) is 9.65. The molecule has 6 heteroatoms. The number of hydrogen-bond acceptors (Lipinski definition) is 4. The summed E-state index contributed by atoms with van der Waals surface area (Å²) < 4.78 is 10.6. The largest absolute Gasteiger partial charge is 0.493 e. The fourth-order valence-electron chi connectivity index (χ4n) is 2.90. The second kappa shape index (κ2) is 11.7. The Labute approximate surface area is 168 Å². The Kier molecular flexibility index (Phi) is 8.98. The van der Waals surface area contributed by atoms with Crippen LogP contribution >= 0.6 is 0 Å². The SMILES string of the molecule is COc1ccc(CCNC(N)=NCCCCN(C)c2ccccc2)cc1OC. The predicted molar refractivity (Wildman–Crippen MR) is 117 cm³/mol. The van der Waals surface area contributed by atoms with E-state index >= 15 is 0 Å². The maximum absolute atomic E-state index is 5.96. The number of benzene rings is 2. The average molecular weight is 385 g/mol. The highest BCUT2D eigenvalue weighted by Gasteiger charge is 2.04. The van der Waals surface area contributed by atoms with Gasteiger partial charge in [0.05, 0.1) is 14.2 Å². The molecule has 6 nitrogen and oxygen atoms in total. The fourth-order valence-corrected chi connectivity index (χ4v) is 2.90. The number of nitrogens with zero attached hydrogens (tertiary/aromatic N) is 2. The van der Waals surface area contributed by atoms with Crippen LogP contribution in [-0.2, 0) is 6.42 Å². The van der Waals surface area contributed by atoms with E-state index in [1.54, 1.807) is 14.2 Å². The van der Waals surface area contributed by atoms with Crippen LogP contribution in [0.15, 0.2) is 53.5 Å². The van der Waals surface area contributed by atoms with Crippen LogP contribution < -0.4 is 25.4 Å². The minimum absolute atomic E-state index is 0.497. The van der Waals surface area contributed by atoms with Crippen molar-refractivity contribution >= 4 is 11.6 Å². The molecule has 0 bridgehead atoms. The van der Waals surface area contributed by atoms with E-state index in [-0.39, 0.29) is 0 Å². The van der Waals surface area contributed by atoms with Gasteiger partial charge in [0.2, 0.25) is 0 Å². The van der Waals surface area contributed by atoms with Crippen LogP contribution in [-0.4, -0.2) is 46.9 Å². The zero-order valence-corrected chi connectivity index (χ0v) is 17.1. The first kappa shape index (κ1) is 21.4. The van der Waals surface area contributed by atoms with E-state index in [1.807, 2.05) is 24.3 Å². The van der Waals surface area contributed by atoms with Gasteiger partial charge in [0, 0.05) is 32.4 Å². The number of nitrogens with two attached hydrogens (primary N) is 1. The minimum atomic E-state index is 0.497. The molecule has 0 aliphatic rings. The molecular weight excluding hydrogens is 352 g/mol. The number of guanidine groups is 1. The fraction of sp³-hybridized carbons (Fsp3) is 0.409. The lowest BCUT2D eigenvalue weighted by Crippen LogP contribution is -2.33. The Bertz CT molecular complexity index is 735. The van der Waals surface area contributed by atoms with Gasteiger partial charge in [-0.15, -0.1) is 0 Å². The van der Waals surface area contributed by atoms with Crippen LogP contribution in [0.4, 0.5) is 5.69 Å². The number of para-hydroxylation sites is 1. The van der Waals surface area contributed by atoms with Crippen molar-refractivity contribution in [3.8, 4) is 11.5 Å². The maximum Gasteiger partial charge on any atom is 0.188 e. The van der Waals surface area contributed by atoms with E-state index < -0.39 is 0 Å². The molecular formula is C22H32N4O2. The first-order chi connectivity index (χ1) is 13.6. The van der Waals surface area contributed by atoms with Crippen molar-refractivity contribution in [1.29, 1.82) is 0 Å². The summed E-state index contributed by atoms with van der Waals surface area (Å²) in [6, 6.07) is 16.3. The van der Waals surface area contributed by atoms with Crippen molar-refractivity contribution in [2.24, 2.45) is 10.7 Å². The van der Waals surface area contributed by atoms with E-state index in [0.29, 0.717) is 5.96 Å². The number of aliphatic imine (C=N–C) groups is 1. The van der Waals surface area contributed by atoms with Gasteiger partial charge in [0.15, 0.2) is 17.5 Å². The summed E-state index contributed by atoms with van der Waals surface area (Å²) in [5.74, 6) is 1.97. The van der Waals surface area contributed by atoms with Gasteiger partial charge in [0.25, 0.3) is 0 Å². The molecule has 0 aromatic heterocycles. The normalized spacial score (nSPS) is 11.2. The topological polar surface area (TPSA) is 72.1 Å². The van der Waals surface area contributed by atoms with Crippen LogP contribution in [0.5, 0.6) is 11.5 Å². The molecule has 2 rings (SSSR count). The van der Waals surface area contributed by atoms with Gasteiger partial charge in [-0.2, -0.15) is 0 Å². The molecule has 0 aliphatic heterocycles. The lowest BCUT2D eigenvalue weighted by molar-refractivity contribution is 0.354. The minimum Gasteiger partial charge on any atom is -0.493 e. The molecule has 0 atom stereocenters. The van der Waals surface area contributed by atoms with Gasteiger partial charge < -0.3 is 25.4 Å². The zero-order valence-electron chi connectivity index (χ0n) is 17.1. The monoisotopic (exact) mass is 384 g/mol. The lowest BCUT2D eigenvalue weighted by Gasteiger charge is -2.18.